The number of nitrogens with zero attached hydrogens (tertiary/aromatic N) is 3. The van der Waals surface area contributed by atoms with Crippen LogP contribution in [-0.4, -0.2) is 23.4 Å². The molecular weight excluding hydrogens is 378 g/mol. The van der Waals surface area contributed by atoms with E-state index in [-0.39, 0.29) is 11.7 Å². The van der Waals surface area contributed by atoms with Gasteiger partial charge in [-0.15, -0.1) is 0 Å². The molecule has 1 spiro atoms. The lowest BCUT2D eigenvalue weighted by Crippen LogP contribution is -2.58. The molecule has 2 aromatic carbocycles. The summed E-state index contributed by atoms with van der Waals surface area (Å²) in [6, 6.07) is 16.7. The highest BCUT2D eigenvalue weighted by molar-refractivity contribution is 6.10. The van der Waals surface area contributed by atoms with Crippen molar-refractivity contribution >= 4 is 34.4 Å². The third-order valence-electron chi connectivity index (χ3n) is 5.89. The van der Waals surface area contributed by atoms with Gasteiger partial charge in [0, 0.05) is 16.6 Å². The molecule has 5 rings (SSSR count). The number of anilines is 1. The maximum absolute atomic E-state index is 12.9. The molecule has 0 amide bonds. The van der Waals surface area contributed by atoms with Crippen LogP contribution in [0.25, 0.3) is 11.0 Å². The summed E-state index contributed by atoms with van der Waals surface area (Å²) in [5.41, 5.74) is 13.8. The van der Waals surface area contributed by atoms with Gasteiger partial charge in [0.05, 0.1) is 0 Å². The first-order chi connectivity index (χ1) is 14.6. The maximum Gasteiger partial charge on any atom is 0.228 e. The van der Waals surface area contributed by atoms with Crippen molar-refractivity contribution in [2.75, 3.05) is 4.90 Å². The summed E-state index contributed by atoms with van der Waals surface area (Å²) in [6.07, 6.45) is 5.02. The smallest absolute Gasteiger partial charge is 0.228 e. The molecule has 1 aromatic heterocycles. The summed E-state index contributed by atoms with van der Waals surface area (Å²) in [7, 11) is 0. The van der Waals surface area contributed by atoms with E-state index in [1.54, 1.807) is 18.2 Å². The van der Waals surface area contributed by atoms with Crippen molar-refractivity contribution in [1.29, 1.82) is 0 Å². The van der Waals surface area contributed by atoms with Crippen molar-refractivity contribution in [2.24, 2.45) is 21.5 Å². The van der Waals surface area contributed by atoms with Crippen LogP contribution in [0.4, 0.5) is 5.69 Å². The molecule has 0 saturated heterocycles. The Labute approximate surface area is 174 Å². The second-order valence-corrected chi connectivity index (χ2v) is 7.84. The SMILES string of the molecule is NC1=NC2(CCCCC2)N(c2ccc(C(=O)c3cc4ccccc4o3)cc2)C(N)=N1. The Morgan fingerprint density at radius 3 is 2.47 bits per heavy atom. The Kier molecular flexibility index (Phi) is 4.31. The monoisotopic (exact) mass is 401 g/mol. The van der Waals surface area contributed by atoms with E-state index in [1.807, 2.05) is 41.3 Å². The molecule has 1 aliphatic heterocycles. The third kappa shape index (κ3) is 3.03. The van der Waals surface area contributed by atoms with Gasteiger partial charge < -0.3 is 15.9 Å². The van der Waals surface area contributed by atoms with Gasteiger partial charge in [-0.1, -0.05) is 24.6 Å². The lowest BCUT2D eigenvalue weighted by molar-refractivity contribution is 0.101. The molecule has 7 nitrogen and oxygen atoms in total. The number of guanidine groups is 2. The normalized spacial score (nSPS) is 18.3. The molecule has 1 aliphatic carbocycles. The standard InChI is InChI=1S/C23H23N5O2/c24-21-26-22(25)28(23(27-21)12-4-1-5-13-23)17-10-8-15(9-11-17)20(29)19-14-16-6-2-3-7-18(16)30-19/h2-3,6-11,14H,1,4-5,12-13H2,(H4,24,25,26,27). The number of carbonyl (C=O) groups excluding carboxylic acids is 1. The fourth-order valence-electron chi connectivity index (χ4n) is 4.49. The van der Waals surface area contributed by atoms with E-state index in [4.69, 9.17) is 15.9 Å². The Bertz CT molecular complexity index is 1140. The van der Waals surface area contributed by atoms with E-state index >= 15 is 0 Å². The van der Waals surface area contributed by atoms with Crippen molar-refractivity contribution in [1.82, 2.24) is 0 Å². The molecule has 0 bridgehead atoms. The molecular formula is C23H23N5O2. The summed E-state index contributed by atoms with van der Waals surface area (Å²) in [4.78, 5) is 23.7. The van der Waals surface area contributed by atoms with Crippen molar-refractivity contribution in [3.8, 4) is 0 Å². The summed E-state index contributed by atoms with van der Waals surface area (Å²) in [6.45, 7) is 0. The van der Waals surface area contributed by atoms with E-state index < -0.39 is 5.66 Å². The van der Waals surface area contributed by atoms with Gasteiger partial charge in [0.1, 0.15) is 11.2 Å². The van der Waals surface area contributed by atoms with Gasteiger partial charge in [0.25, 0.3) is 0 Å². The van der Waals surface area contributed by atoms with Crippen LogP contribution in [-0.2, 0) is 0 Å². The number of nitrogens with two attached hydrogens (primary N) is 2. The average Bonchev–Trinajstić information content (AvgIpc) is 3.18. The second kappa shape index (κ2) is 7.02. The Balaban J connectivity index is 1.46. The first kappa shape index (κ1) is 18.4. The van der Waals surface area contributed by atoms with E-state index in [0.717, 1.165) is 36.8 Å². The summed E-state index contributed by atoms with van der Waals surface area (Å²) >= 11 is 0. The fourth-order valence-corrected chi connectivity index (χ4v) is 4.49. The first-order valence-corrected chi connectivity index (χ1v) is 10.2. The van der Waals surface area contributed by atoms with Gasteiger partial charge in [-0.2, -0.15) is 4.99 Å². The fraction of sp³-hybridized carbons (Fsp3) is 0.261. The number of benzene rings is 2. The van der Waals surface area contributed by atoms with Crippen LogP contribution in [0.1, 0.15) is 48.2 Å². The zero-order valence-electron chi connectivity index (χ0n) is 16.5. The topological polar surface area (TPSA) is 110 Å². The molecule has 7 heteroatoms. The summed E-state index contributed by atoms with van der Waals surface area (Å²) in [5, 5.41) is 0.907. The van der Waals surface area contributed by atoms with Crippen LogP contribution in [0.15, 0.2) is 69.0 Å². The lowest BCUT2D eigenvalue weighted by atomic mass is 9.87. The Morgan fingerprint density at radius 2 is 1.73 bits per heavy atom. The number of rotatable bonds is 3. The molecule has 4 N–H and O–H groups in total. The quantitative estimate of drug-likeness (QED) is 0.649. The molecule has 1 saturated carbocycles. The predicted molar refractivity (Wildman–Crippen MR) is 118 cm³/mol. The van der Waals surface area contributed by atoms with Gasteiger partial charge in [-0.3, -0.25) is 9.69 Å². The number of aliphatic imine (C=N–C) groups is 2. The number of hydrogen-bond donors (Lipinski definition) is 2. The van der Waals surface area contributed by atoms with Crippen LogP contribution in [0.3, 0.4) is 0 Å². The van der Waals surface area contributed by atoms with Gasteiger partial charge >= 0.3 is 0 Å². The van der Waals surface area contributed by atoms with E-state index in [2.05, 4.69) is 9.98 Å². The molecule has 3 aromatic rings. The summed E-state index contributed by atoms with van der Waals surface area (Å²) < 4.78 is 5.72. The zero-order chi connectivity index (χ0) is 20.7. The minimum Gasteiger partial charge on any atom is -0.453 e. The van der Waals surface area contributed by atoms with Crippen molar-refractivity contribution in [2.45, 2.75) is 37.8 Å². The van der Waals surface area contributed by atoms with Gasteiger partial charge in [0.15, 0.2) is 5.76 Å². The Morgan fingerprint density at radius 1 is 1.00 bits per heavy atom. The largest absolute Gasteiger partial charge is 0.453 e. The van der Waals surface area contributed by atoms with Crippen LogP contribution in [0.5, 0.6) is 0 Å². The molecule has 0 atom stereocenters. The molecule has 152 valence electrons. The molecule has 0 unspecified atom stereocenters. The third-order valence-corrected chi connectivity index (χ3v) is 5.89. The number of carbonyl (C=O) groups is 1. The van der Waals surface area contributed by atoms with E-state index in [0.29, 0.717) is 22.9 Å². The van der Waals surface area contributed by atoms with Gasteiger partial charge in [-0.05, 0) is 62.1 Å². The van der Waals surface area contributed by atoms with Crippen molar-refractivity contribution < 1.29 is 9.21 Å². The number of para-hydroxylation sites is 1. The lowest BCUT2D eigenvalue weighted by Gasteiger charge is -2.45. The molecule has 1 fully saturated rings. The highest BCUT2D eigenvalue weighted by atomic mass is 16.3. The van der Waals surface area contributed by atoms with Gasteiger partial charge in [-0.25, -0.2) is 4.99 Å². The van der Waals surface area contributed by atoms with Crippen molar-refractivity contribution in [3.05, 3.63) is 65.9 Å². The number of ketones is 1. The maximum atomic E-state index is 12.9. The average molecular weight is 401 g/mol. The Hall–Kier alpha value is -3.61. The highest BCUT2D eigenvalue weighted by Gasteiger charge is 2.42. The first-order valence-electron chi connectivity index (χ1n) is 10.2. The van der Waals surface area contributed by atoms with Crippen molar-refractivity contribution in [3.63, 3.8) is 0 Å². The number of fused-ring (bicyclic) bond motifs is 1. The molecule has 2 heterocycles. The molecule has 2 aliphatic rings. The summed E-state index contributed by atoms with van der Waals surface area (Å²) in [5.74, 6) is 0.722. The molecule has 30 heavy (non-hydrogen) atoms. The van der Waals surface area contributed by atoms with E-state index in [9.17, 15) is 4.79 Å². The molecule has 0 radical (unpaired) electrons. The van der Waals surface area contributed by atoms with Crippen LogP contribution >= 0.6 is 0 Å². The van der Waals surface area contributed by atoms with Crippen LogP contribution < -0.4 is 16.4 Å². The van der Waals surface area contributed by atoms with Crippen LogP contribution in [0.2, 0.25) is 0 Å². The van der Waals surface area contributed by atoms with Crippen LogP contribution in [0, 0.1) is 0 Å². The number of furan rings is 1. The minimum absolute atomic E-state index is 0.160. The zero-order valence-corrected chi connectivity index (χ0v) is 16.5. The predicted octanol–water partition coefficient (Wildman–Crippen LogP) is 3.77. The highest BCUT2D eigenvalue weighted by Crippen LogP contribution is 2.39. The second-order valence-electron chi connectivity index (χ2n) is 7.84. The van der Waals surface area contributed by atoms with Gasteiger partial charge in [0.2, 0.25) is 17.7 Å². The van der Waals surface area contributed by atoms with E-state index in [1.165, 1.54) is 6.42 Å². The number of hydrogen-bond acceptors (Lipinski definition) is 7. The minimum atomic E-state index is -0.502.